The summed E-state index contributed by atoms with van der Waals surface area (Å²) < 4.78 is 0. The van der Waals surface area contributed by atoms with Crippen LogP contribution in [0.2, 0.25) is 0 Å². The summed E-state index contributed by atoms with van der Waals surface area (Å²) in [4.78, 5) is 27.5. The Labute approximate surface area is 149 Å². The molecular weight excluding hydrogens is 336 g/mol. The van der Waals surface area contributed by atoms with Gasteiger partial charge in [0.25, 0.3) is 5.91 Å². The van der Waals surface area contributed by atoms with E-state index in [-0.39, 0.29) is 10.6 Å². The van der Waals surface area contributed by atoms with Gasteiger partial charge in [0.1, 0.15) is 0 Å². The number of nitrogens with one attached hydrogen (secondary N) is 1. The summed E-state index contributed by atoms with van der Waals surface area (Å²) in [5, 5.41) is 26.9. The quantitative estimate of drug-likeness (QED) is 0.378. The average Bonchev–Trinajstić information content (AvgIpc) is 2.66. The van der Waals surface area contributed by atoms with E-state index in [1.54, 1.807) is 6.07 Å². The number of para-hydroxylation sites is 1. The molecule has 1 atom stereocenters. The zero-order chi connectivity index (χ0) is 18.5. The first kappa shape index (κ1) is 17.5. The van der Waals surface area contributed by atoms with Gasteiger partial charge in [-0.05, 0) is 37.5 Å². The molecule has 0 spiro atoms. The van der Waals surface area contributed by atoms with Crippen molar-refractivity contribution in [2.75, 3.05) is 5.32 Å². The van der Waals surface area contributed by atoms with Crippen molar-refractivity contribution in [3.63, 3.8) is 0 Å². The monoisotopic (exact) mass is 354 g/mol. The molecule has 0 saturated heterocycles. The summed E-state index contributed by atoms with van der Waals surface area (Å²) in [6.07, 6.45) is 5.33. The van der Waals surface area contributed by atoms with Crippen LogP contribution in [-0.4, -0.2) is 32.8 Å². The van der Waals surface area contributed by atoms with Crippen LogP contribution < -0.4 is 5.32 Å². The van der Waals surface area contributed by atoms with Crippen LogP contribution in [0.5, 0.6) is 0 Å². The minimum Gasteiger partial charge on any atom is -0.410 e. The third kappa shape index (κ3) is 3.85. The SMILES string of the molecule is O=C(Nc1cnc2ccccc2c1)C(/C=C1\CCCCC1[N+](=O)[O-])=N/O. The number of amides is 1. The van der Waals surface area contributed by atoms with E-state index in [0.717, 1.165) is 23.7 Å². The molecule has 1 aliphatic carbocycles. The van der Waals surface area contributed by atoms with E-state index in [0.29, 0.717) is 24.1 Å². The molecule has 1 aliphatic rings. The second kappa shape index (κ2) is 7.73. The lowest BCUT2D eigenvalue weighted by Gasteiger charge is -2.18. The predicted octanol–water partition coefficient (Wildman–Crippen LogP) is 3.15. The number of carbonyl (C=O) groups is 1. The van der Waals surface area contributed by atoms with Gasteiger partial charge in [0.05, 0.1) is 17.4 Å². The molecule has 1 aromatic carbocycles. The van der Waals surface area contributed by atoms with Crippen LogP contribution in [0.1, 0.15) is 25.7 Å². The van der Waals surface area contributed by atoms with Crippen molar-refractivity contribution in [3.05, 3.63) is 58.3 Å². The van der Waals surface area contributed by atoms with E-state index in [2.05, 4.69) is 15.5 Å². The van der Waals surface area contributed by atoms with Crippen LogP contribution in [0.25, 0.3) is 10.9 Å². The standard InChI is InChI=1S/C18H18N4O4/c23-18(20-14-9-12-5-1-3-7-15(12)19-11-14)16(21-24)10-13-6-2-4-8-17(13)22(25)26/h1,3,5,7,9-11,17,24H,2,4,6,8H2,(H,20,23)/b13-10+,21-16+. The number of hydrogen-bond acceptors (Lipinski definition) is 6. The van der Waals surface area contributed by atoms with Crippen molar-refractivity contribution in [1.82, 2.24) is 4.98 Å². The van der Waals surface area contributed by atoms with Crippen LogP contribution in [-0.2, 0) is 4.79 Å². The van der Waals surface area contributed by atoms with Crippen molar-refractivity contribution in [1.29, 1.82) is 0 Å². The smallest absolute Gasteiger partial charge is 0.277 e. The Kier molecular flexibility index (Phi) is 5.21. The molecule has 1 saturated carbocycles. The molecular formula is C18H18N4O4. The number of benzene rings is 1. The van der Waals surface area contributed by atoms with Gasteiger partial charge in [-0.1, -0.05) is 23.4 Å². The largest absolute Gasteiger partial charge is 0.410 e. The maximum Gasteiger partial charge on any atom is 0.277 e. The minimum absolute atomic E-state index is 0.262. The minimum atomic E-state index is -0.837. The van der Waals surface area contributed by atoms with Gasteiger partial charge < -0.3 is 10.5 Å². The topological polar surface area (TPSA) is 118 Å². The highest BCUT2D eigenvalue weighted by atomic mass is 16.6. The lowest BCUT2D eigenvalue weighted by Crippen LogP contribution is -2.28. The second-order valence-corrected chi connectivity index (χ2v) is 6.12. The fourth-order valence-corrected chi connectivity index (χ4v) is 3.08. The Morgan fingerprint density at radius 1 is 1.38 bits per heavy atom. The van der Waals surface area contributed by atoms with Gasteiger partial charge >= 0.3 is 0 Å². The molecule has 8 heteroatoms. The number of carbonyl (C=O) groups excluding carboxylic acids is 1. The van der Waals surface area contributed by atoms with Gasteiger partial charge in [0, 0.05) is 22.3 Å². The Bertz CT molecular complexity index is 907. The zero-order valence-corrected chi connectivity index (χ0v) is 14.0. The summed E-state index contributed by atoms with van der Waals surface area (Å²) in [5.74, 6) is -0.648. The molecule has 26 heavy (non-hydrogen) atoms. The highest BCUT2D eigenvalue weighted by Crippen LogP contribution is 2.26. The van der Waals surface area contributed by atoms with Crippen LogP contribution in [0.4, 0.5) is 5.69 Å². The molecule has 2 N–H and O–H groups in total. The average molecular weight is 354 g/mol. The maximum absolute atomic E-state index is 12.4. The van der Waals surface area contributed by atoms with E-state index in [1.807, 2.05) is 24.3 Å². The van der Waals surface area contributed by atoms with Gasteiger partial charge in [-0.25, -0.2) is 0 Å². The van der Waals surface area contributed by atoms with Gasteiger partial charge in [-0.3, -0.25) is 19.9 Å². The van der Waals surface area contributed by atoms with E-state index in [1.165, 1.54) is 12.3 Å². The predicted molar refractivity (Wildman–Crippen MR) is 96.9 cm³/mol. The number of nitrogens with zero attached hydrogens (tertiary/aromatic N) is 3. The summed E-state index contributed by atoms with van der Waals surface area (Å²) in [7, 11) is 0. The third-order valence-electron chi connectivity index (χ3n) is 4.39. The summed E-state index contributed by atoms with van der Waals surface area (Å²) in [6.45, 7) is 0. The second-order valence-electron chi connectivity index (χ2n) is 6.12. The fourth-order valence-electron chi connectivity index (χ4n) is 3.08. The van der Waals surface area contributed by atoms with Crippen molar-refractivity contribution in [2.45, 2.75) is 31.7 Å². The van der Waals surface area contributed by atoms with Crippen molar-refractivity contribution < 1.29 is 14.9 Å². The lowest BCUT2D eigenvalue weighted by molar-refractivity contribution is -0.514. The zero-order valence-electron chi connectivity index (χ0n) is 14.0. The highest BCUT2D eigenvalue weighted by molar-refractivity contribution is 6.47. The normalized spacial score (nSPS) is 19.5. The number of oxime groups is 1. The molecule has 8 nitrogen and oxygen atoms in total. The number of anilines is 1. The maximum atomic E-state index is 12.4. The Balaban J connectivity index is 1.80. The number of aromatic nitrogens is 1. The Hall–Kier alpha value is -3.29. The molecule has 2 aromatic rings. The molecule has 1 amide bonds. The van der Waals surface area contributed by atoms with Gasteiger partial charge in [-0.2, -0.15) is 0 Å². The van der Waals surface area contributed by atoms with E-state index < -0.39 is 11.9 Å². The first-order valence-electron chi connectivity index (χ1n) is 8.30. The number of hydrogen-bond donors (Lipinski definition) is 2. The van der Waals surface area contributed by atoms with Crippen LogP contribution in [0.15, 0.2) is 53.3 Å². The summed E-state index contributed by atoms with van der Waals surface area (Å²) in [5.41, 5.74) is 1.48. The van der Waals surface area contributed by atoms with E-state index >= 15 is 0 Å². The molecule has 134 valence electrons. The first-order valence-corrected chi connectivity index (χ1v) is 8.30. The summed E-state index contributed by atoms with van der Waals surface area (Å²) >= 11 is 0. The van der Waals surface area contributed by atoms with Crippen molar-refractivity contribution in [2.24, 2.45) is 5.16 Å². The molecule has 1 aromatic heterocycles. The van der Waals surface area contributed by atoms with Crippen molar-refractivity contribution in [3.8, 4) is 0 Å². The van der Waals surface area contributed by atoms with Crippen LogP contribution in [0, 0.1) is 10.1 Å². The van der Waals surface area contributed by atoms with Gasteiger partial charge in [0.15, 0.2) is 5.71 Å². The molecule has 0 radical (unpaired) electrons. The van der Waals surface area contributed by atoms with E-state index in [4.69, 9.17) is 0 Å². The number of fused-ring (bicyclic) bond motifs is 1. The third-order valence-corrected chi connectivity index (χ3v) is 4.39. The molecule has 1 heterocycles. The fraction of sp³-hybridized carbons (Fsp3) is 0.278. The van der Waals surface area contributed by atoms with Gasteiger partial charge in [0.2, 0.25) is 6.04 Å². The molecule has 0 bridgehead atoms. The molecule has 3 rings (SSSR count). The summed E-state index contributed by atoms with van der Waals surface area (Å²) in [6, 6.07) is 8.36. The number of nitro groups is 1. The lowest BCUT2D eigenvalue weighted by atomic mass is 9.89. The molecule has 1 unspecified atom stereocenters. The molecule has 0 aliphatic heterocycles. The first-order chi connectivity index (χ1) is 12.6. The van der Waals surface area contributed by atoms with Crippen LogP contribution >= 0.6 is 0 Å². The van der Waals surface area contributed by atoms with Crippen LogP contribution in [0.3, 0.4) is 0 Å². The number of rotatable bonds is 4. The highest BCUT2D eigenvalue weighted by Gasteiger charge is 2.29. The van der Waals surface area contributed by atoms with E-state index in [9.17, 15) is 20.1 Å². The van der Waals surface area contributed by atoms with Crippen molar-refractivity contribution >= 4 is 28.2 Å². The Morgan fingerprint density at radius 2 is 2.19 bits per heavy atom. The number of pyridine rings is 1. The van der Waals surface area contributed by atoms with Gasteiger partial charge in [-0.15, -0.1) is 0 Å². The Morgan fingerprint density at radius 3 is 2.96 bits per heavy atom. The molecule has 1 fully saturated rings.